The summed E-state index contributed by atoms with van der Waals surface area (Å²) in [5, 5.41) is 2.95. The summed E-state index contributed by atoms with van der Waals surface area (Å²) >= 11 is 0. The van der Waals surface area contributed by atoms with E-state index in [1.54, 1.807) is 18.9 Å². The van der Waals surface area contributed by atoms with Crippen LogP contribution in [0.5, 0.6) is 5.75 Å². The van der Waals surface area contributed by atoms with Gasteiger partial charge in [-0.25, -0.2) is 0 Å². The van der Waals surface area contributed by atoms with Crippen LogP contribution in [0, 0.1) is 19.8 Å². The first kappa shape index (κ1) is 23.5. The number of hydrogen-bond donors (Lipinski definition) is 1. The van der Waals surface area contributed by atoms with E-state index in [1.165, 1.54) is 5.56 Å². The lowest BCUT2D eigenvalue weighted by molar-refractivity contribution is -0.140. The predicted molar refractivity (Wildman–Crippen MR) is 120 cm³/mol. The van der Waals surface area contributed by atoms with Gasteiger partial charge in [-0.15, -0.1) is 0 Å². The molecular formula is C25H34N2O3. The Morgan fingerprint density at radius 1 is 1.00 bits per heavy atom. The lowest BCUT2D eigenvalue weighted by atomic mass is 10.0. The maximum Gasteiger partial charge on any atom is 0.242 e. The lowest BCUT2D eigenvalue weighted by Crippen LogP contribution is -2.48. The molecule has 5 heteroatoms. The van der Waals surface area contributed by atoms with Gasteiger partial charge in [0.2, 0.25) is 11.8 Å². The van der Waals surface area contributed by atoms with Gasteiger partial charge >= 0.3 is 0 Å². The fraction of sp³-hybridized carbons (Fsp3) is 0.440. The summed E-state index contributed by atoms with van der Waals surface area (Å²) in [7, 11) is 1.61. The Morgan fingerprint density at radius 2 is 1.73 bits per heavy atom. The Labute approximate surface area is 180 Å². The fourth-order valence-corrected chi connectivity index (χ4v) is 3.19. The van der Waals surface area contributed by atoms with Crippen molar-refractivity contribution < 1.29 is 14.3 Å². The van der Waals surface area contributed by atoms with Gasteiger partial charge in [-0.1, -0.05) is 44.2 Å². The molecule has 0 aliphatic rings. The number of amides is 2. The third-order valence-electron chi connectivity index (χ3n) is 5.27. The SMILES string of the molecule is COc1cccc(CN(C(=O)Cc2ccc(C)c(C)c2)C(C)C(=O)NCC(C)C)c1. The Morgan fingerprint density at radius 3 is 2.37 bits per heavy atom. The molecule has 0 aromatic heterocycles. The summed E-state index contributed by atoms with van der Waals surface area (Å²) in [6.45, 7) is 10.9. The van der Waals surface area contributed by atoms with Crippen molar-refractivity contribution in [1.29, 1.82) is 0 Å². The van der Waals surface area contributed by atoms with Gasteiger partial charge in [-0.2, -0.15) is 0 Å². The second-order valence-corrected chi connectivity index (χ2v) is 8.28. The summed E-state index contributed by atoms with van der Waals surface area (Å²) in [4.78, 5) is 27.6. The highest BCUT2D eigenvalue weighted by Gasteiger charge is 2.26. The number of carbonyl (C=O) groups excluding carboxylic acids is 2. The summed E-state index contributed by atoms with van der Waals surface area (Å²) in [5.41, 5.74) is 4.23. The first-order chi connectivity index (χ1) is 14.2. The first-order valence-corrected chi connectivity index (χ1v) is 10.5. The van der Waals surface area contributed by atoms with Crippen LogP contribution in [0.1, 0.15) is 43.0 Å². The molecule has 0 saturated heterocycles. The molecule has 0 saturated carbocycles. The standard InChI is InChI=1S/C25H34N2O3/c1-17(2)15-26-25(29)20(5)27(16-22-8-7-9-23(13-22)30-6)24(28)14-21-11-10-18(3)19(4)12-21/h7-13,17,20H,14-16H2,1-6H3,(H,26,29). The van der Waals surface area contributed by atoms with Crippen molar-refractivity contribution in [3.05, 3.63) is 64.7 Å². The lowest BCUT2D eigenvalue weighted by Gasteiger charge is -2.29. The van der Waals surface area contributed by atoms with Crippen LogP contribution in [0.25, 0.3) is 0 Å². The number of ether oxygens (including phenoxy) is 1. The quantitative estimate of drug-likeness (QED) is 0.679. The zero-order chi connectivity index (χ0) is 22.3. The van der Waals surface area contributed by atoms with Gasteiger partial charge in [0.25, 0.3) is 0 Å². The molecule has 2 amide bonds. The summed E-state index contributed by atoms with van der Waals surface area (Å²) < 4.78 is 5.31. The van der Waals surface area contributed by atoms with Crippen molar-refractivity contribution in [2.24, 2.45) is 5.92 Å². The molecule has 2 aromatic carbocycles. The van der Waals surface area contributed by atoms with Gasteiger partial charge in [0.15, 0.2) is 0 Å². The van der Waals surface area contributed by atoms with E-state index in [-0.39, 0.29) is 18.2 Å². The van der Waals surface area contributed by atoms with Gasteiger partial charge in [-0.05, 0) is 61.1 Å². The van der Waals surface area contributed by atoms with Crippen LogP contribution >= 0.6 is 0 Å². The third kappa shape index (κ3) is 6.61. The number of rotatable bonds is 9. The zero-order valence-corrected chi connectivity index (χ0v) is 19.0. The minimum atomic E-state index is -0.575. The molecule has 5 nitrogen and oxygen atoms in total. The first-order valence-electron chi connectivity index (χ1n) is 10.5. The third-order valence-corrected chi connectivity index (χ3v) is 5.27. The van der Waals surface area contributed by atoms with E-state index >= 15 is 0 Å². The number of methoxy groups -OCH3 is 1. The second kappa shape index (κ2) is 10.8. The predicted octanol–water partition coefficient (Wildman–Crippen LogP) is 4.04. The minimum absolute atomic E-state index is 0.0757. The Balaban J connectivity index is 2.24. The smallest absolute Gasteiger partial charge is 0.242 e. The van der Waals surface area contributed by atoms with Crippen molar-refractivity contribution in [2.45, 2.75) is 53.6 Å². The van der Waals surface area contributed by atoms with Crippen LogP contribution < -0.4 is 10.1 Å². The molecule has 1 unspecified atom stereocenters. The van der Waals surface area contributed by atoms with E-state index in [4.69, 9.17) is 4.74 Å². The topological polar surface area (TPSA) is 58.6 Å². The van der Waals surface area contributed by atoms with Gasteiger partial charge in [0, 0.05) is 13.1 Å². The average Bonchev–Trinajstić information content (AvgIpc) is 2.72. The number of carbonyl (C=O) groups is 2. The molecule has 0 aliphatic heterocycles. The average molecular weight is 411 g/mol. The van der Waals surface area contributed by atoms with Crippen LogP contribution in [0.2, 0.25) is 0 Å². The molecule has 2 aromatic rings. The molecule has 0 fully saturated rings. The normalized spacial score (nSPS) is 11.8. The molecule has 0 heterocycles. The number of benzene rings is 2. The number of nitrogens with one attached hydrogen (secondary N) is 1. The maximum absolute atomic E-state index is 13.3. The molecule has 30 heavy (non-hydrogen) atoms. The van der Waals surface area contributed by atoms with Crippen molar-refractivity contribution in [2.75, 3.05) is 13.7 Å². The highest BCUT2D eigenvalue weighted by molar-refractivity contribution is 5.88. The second-order valence-electron chi connectivity index (χ2n) is 8.28. The zero-order valence-electron chi connectivity index (χ0n) is 19.0. The van der Waals surface area contributed by atoms with E-state index < -0.39 is 6.04 Å². The van der Waals surface area contributed by atoms with Crippen molar-refractivity contribution in [3.63, 3.8) is 0 Å². The molecule has 1 N–H and O–H groups in total. The number of nitrogens with zero attached hydrogens (tertiary/aromatic N) is 1. The molecule has 2 rings (SSSR count). The molecular weight excluding hydrogens is 376 g/mol. The van der Waals surface area contributed by atoms with Crippen molar-refractivity contribution in [3.8, 4) is 5.75 Å². The van der Waals surface area contributed by atoms with E-state index in [2.05, 4.69) is 12.2 Å². The van der Waals surface area contributed by atoms with E-state index in [0.717, 1.165) is 22.4 Å². The van der Waals surface area contributed by atoms with Gasteiger partial charge in [0.1, 0.15) is 11.8 Å². The van der Waals surface area contributed by atoms with Crippen LogP contribution in [0.3, 0.4) is 0 Å². The summed E-state index contributed by atoms with van der Waals surface area (Å²) in [5.74, 6) is 0.860. The molecule has 0 radical (unpaired) electrons. The van der Waals surface area contributed by atoms with Crippen LogP contribution in [-0.2, 0) is 22.6 Å². The van der Waals surface area contributed by atoms with Gasteiger partial charge in [-0.3, -0.25) is 9.59 Å². The van der Waals surface area contributed by atoms with E-state index in [1.807, 2.05) is 63.2 Å². The largest absolute Gasteiger partial charge is 0.497 e. The molecule has 0 bridgehead atoms. The maximum atomic E-state index is 13.3. The molecule has 0 spiro atoms. The van der Waals surface area contributed by atoms with Gasteiger partial charge in [0.05, 0.1) is 13.5 Å². The molecule has 1 atom stereocenters. The summed E-state index contributed by atoms with van der Waals surface area (Å²) in [6, 6.07) is 13.1. The van der Waals surface area contributed by atoms with Crippen molar-refractivity contribution in [1.82, 2.24) is 10.2 Å². The van der Waals surface area contributed by atoms with Crippen LogP contribution in [0.4, 0.5) is 0 Å². The van der Waals surface area contributed by atoms with Gasteiger partial charge < -0.3 is 15.0 Å². The fourth-order valence-electron chi connectivity index (χ4n) is 3.19. The highest BCUT2D eigenvalue weighted by atomic mass is 16.5. The highest BCUT2D eigenvalue weighted by Crippen LogP contribution is 2.18. The Kier molecular flexibility index (Phi) is 8.46. The van der Waals surface area contributed by atoms with Crippen molar-refractivity contribution >= 4 is 11.8 Å². The van der Waals surface area contributed by atoms with E-state index in [0.29, 0.717) is 19.0 Å². The number of aryl methyl sites for hydroxylation is 2. The Hall–Kier alpha value is -2.82. The van der Waals surface area contributed by atoms with E-state index in [9.17, 15) is 9.59 Å². The molecule has 0 aliphatic carbocycles. The monoisotopic (exact) mass is 410 g/mol. The summed E-state index contributed by atoms with van der Waals surface area (Å²) in [6.07, 6.45) is 0.257. The minimum Gasteiger partial charge on any atom is -0.497 e. The number of hydrogen-bond acceptors (Lipinski definition) is 3. The molecule has 162 valence electrons. The Bertz CT molecular complexity index is 876. The van der Waals surface area contributed by atoms with Crippen LogP contribution in [0.15, 0.2) is 42.5 Å². The van der Waals surface area contributed by atoms with Crippen LogP contribution in [-0.4, -0.2) is 36.4 Å².